The molecule has 420 valence electrons. The van der Waals surface area contributed by atoms with Crippen LogP contribution in [-0.2, 0) is 19.1 Å². The van der Waals surface area contributed by atoms with Gasteiger partial charge in [-0.05, 0) is 77.0 Å². The third-order valence-electron chi connectivity index (χ3n) is 13.6. The van der Waals surface area contributed by atoms with Gasteiger partial charge in [0.25, 0.3) is 0 Å². The van der Waals surface area contributed by atoms with Gasteiger partial charge >= 0.3 is 11.9 Å². The molecule has 0 bridgehead atoms. The van der Waals surface area contributed by atoms with Gasteiger partial charge in [-0.3, -0.25) is 9.59 Å². The van der Waals surface area contributed by atoms with Crippen LogP contribution < -0.4 is 0 Å². The van der Waals surface area contributed by atoms with Crippen LogP contribution in [0.2, 0.25) is 0 Å². The number of carbonyl (C=O) groups is 2. The van der Waals surface area contributed by atoms with E-state index in [1.54, 1.807) is 0 Å². The zero-order valence-electron chi connectivity index (χ0n) is 48.1. The van der Waals surface area contributed by atoms with Crippen LogP contribution >= 0.6 is 0 Å². The highest BCUT2D eigenvalue weighted by atomic mass is 16.6. The highest BCUT2D eigenvalue weighted by Crippen LogP contribution is 2.17. The van der Waals surface area contributed by atoms with E-state index in [0.717, 1.165) is 96.3 Å². The lowest BCUT2D eigenvalue weighted by Crippen LogP contribution is -2.28. The summed E-state index contributed by atoms with van der Waals surface area (Å²) in [6.45, 7) is 4.05. The summed E-state index contributed by atoms with van der Waals surface area (Å²) in [6, 6.07) is 0. The lowest BCUT2D eigenvalue weighted by molar-refractivity contribution is -0.161. The maximum Gasteiger partial charge on any atom is 0.306 e. The predicted octanol–water partition coefficient (Wildman–Crippen LogP) is 21.5. The van der Waals surface area contributed by atoms with Gasteiger partial charge in [0.15, 0.2) is 6.10 Å². The molecule has 5 heteroatoms. The van der Waals surface area contributed by atoms with Crippen LogP contribution in [-0.4, -0.2) is 36.4 Å². The minimum Gasteiger partial charge on any atom is -0.462 e. The van der Waals surface area contributed by atoms with Gasteiger partial charge in [-0.25, -0.2) is 0 Å². The highest BCUT2D eigenvalue weighted by Gasteiger charge is 2.16. The van der Waals surface area contributed by atoms with Crippen LogP contribution in [0.15, 0.2) is 97.2 Å². The first-order valence-corrected chi connectivity index (χ1v) is 31.3. The Bertz CT molecular complexity index is 1380. The molecule has 0 spiro atoms. The van der Waals surface area contributed by atoms with E-state index in [2.05, 4.69) is 111 Å². The molecule has 0 aliphatic carbocycles. The predicted molar refractivity (Wildman–Crippen MR) is 320 cm³/mol. The van der Waals surface area contributed by atoms with Gasteiger partial charge in [0.05, 0.1) is 6.61 Å². The molecular formula is C68H118O5. The van der Waals surface area contributed by atoms with Crippen molar-refractivity contribution in [3.63, 3.8) is 0 Å². The molecule has 0 fully saturated rings. The average Bonchev–Trinajstić information content (AvgIpc) is 3.39. The van der Waals surface area contributed by atoms with Gasteiger partial charge in [0.2, 0.25) is 0 Å². The lowest BCUT2D eigenvalue weighted by Gasteiger charge is -2.15. The number of allylic oxidation sites excluding steroid dienone is 16. The Kier molecular flexibility index (Phi) is 60.4. The molecule has 0 aromatic rings. The van der Waals surface area contributed by atoms with Crippen molar-refractivity contribution < 1.29 is 24.2 Å². The number of hydrogen-bond donors (Lipinski definition) is 1. The van der Waals surface area contributed by atoms with Crippen LogP contribution in [0.1, 0.15) is 303 Å². The van der Waals surface area contributed by atoms with Crippen LogP contribution in [0.25, 0.3) is 0 Å². The summed E-state index contributed by atoms with van der Waals surface area (Å²) >= 11 is 0. The summed E-state index contributed by atoms with van der Waals surface area (Å²) in [7, 11) is 0. The molecular weight excluding hydrogens is 897 g/mol. The van der Waals surface area contributed by atoms with Crippen molar-refractivity contribution >= 4 is 11.9 Å². The number of aliphatic hydroxyl groups excluding tert-OH is 1. The average molecular weight is 1020 g/mol. The van der Waals surface area contributed by atoms with Crippen molar-refractivity contribution in [2.75, 3.05) is 13.2 Å². The van der Waals surface area contributed by atoms with E-state index in [0.29, 0.717) is 12.8 Å². The molecule has 0 radical (unpaired) electrons. The second kappa shape index (κ2) is 63.1. The molecule has 5 nitrogen and oxygen atoms in total. The van der Waals surface area contributed by atoms with Gasteiger partial charge in [-0.2, -0.15) is 0 Å². The Labute approximate surface area is 453 Å². The van der Waals surface area contributed by atoms with Crippen LogP contribution in [0.4, 0.5) is 0 Å². The van der Waals surface area contributed by atoms with Gasteiger partial charge in [-0.1, -0.05) is 310 Å². The number of unbranched alkanes of at least 4 members (excludes halogenated alkanes) is 33. The molecule has 1 N–H and O–H groups in total. The minimum absolute atomic E-state index is 0.0737. The van der Waals surface area contributed by atoms with Crippen molar-refractivity contribution in [3.8, 4) is 0 Å². The van der Waals surface area contributed by atoms with Crippen LogP contribution in [0, 0.1) is 0 Å². The Morgan fingerprint density at radius 3 is 0.890 bits per heavy atom. The molecule has 0 aliphatic rings. The molecule has 0 heterocycles. The van der Waals surface area contributed by atoms with E-state index in [-0.39, 0.29) is 25.2 Å². The SMILES string of the molecule is CC/C=C\C/C=C\C/C=C\C/C=C\C/C=C\C/C=C\C/C=C\C/C=C\CCCCCCCCC(=O)OC(CO)COC(=O)CCCCCCCCCCCCCCCCCCCCCCCCCCCCCC. The first kappa shape index (κ1) is 69.8. The fraction of sp³-hybridized carbons (Fsp3) is 0.735. The van der Waals surface area contributed by atoms with Gasteiger partial charge in [0.1, 0.15) is 6.61 Å². The number of rotatable bonds is 57. The number of ether oxygens (including phenoxy) is 2. The summed E-state index contributed by atoms with van der Waals surface area (Å²) in [4.78, 5) is 24.6. The Morgan fingerprint density at radius 2 is 0.589 bits per heavy atom. The third-order valence-corrected chi connectivity index (χ3v) is 13.6. The smallest absolute Gasteiger partial charge is 0.306 e. The minimum atomic E-state index is -0.786. The van der Waals surface area contributed by atoms with Crippen molar-refractivity contribution in [2.45, 2.75) is 309 Å². The fourth-order valence-electron chi connectivity index (χ4n) is 8.99. The zero-order valence-corrected chi connectivity index (χ0v) is 48.1. The van der Waals surface area contributed by atoms with E-state index in [9.17, 15) is 14.7 Å². The number of hydrogen-bond acceptors (Lipinski definition) is 5. The monoisotopic (exact) mass is 1010 g/mol. The normalized spacial score (nSPS) is 12.9. The molecule has 1 atom stereocenters. The van der Waals surface area contributed by atoms with Gasteiger partial charge in [-0.15, -0.1) is 0 Å². The first-order valence-electron chi connectivity index (χ1n) is 31.3. The molecule has 0 aromatic heterocycles. The van der Waals surface area contributed by atoms with E-state index >= 15 is 0 Å². The Balaban J connectivity index is 3.52. The van der Waals surface area contributed by atoms with Gasteiger partial charge < -0.3 is 14.6 Å². The van der Waals surface area contributed by atoms with E-state index in [4.69, 9.17) is 9.47 Å². The van der Waals surface area contributed by atoms with E-state index in [1.807, 2.05) is 0 Å². The first-order chi connectivity index (χ1) is 36.1. The molecule has 1 unspecified atom stereocenters. The lowest BCUT2D eigenvalue weighted by atomic mass is 10.0. The number of carbonyl (C=O) groups excluding carboxylic acids is 2. The highest BCUT2D eigenvalue weighted by molar-refractivity contribution is 5.70. The quantitative estimate of drug-likeness (QED) is 0.0373. The fourth-order valence-corrected chi connectivity index (χ4v) is 8.99. The molecule has 73 heavy (non-hydrogen) atoms. The zero-order chi connectivity index (χ0) is 52.7. The maximum absolute atomic E-state index is 12.3. The Hall–Kier alpha value is -3.18. The maximum atomic E-state index is 12.3. The van der Waals surface area contributed by atoms with Crippen molar-refractivity contribution in [3.05, 3.63) is 97.2 Å². The topological polar surface area (TPSA) is 72.8 Å². The van der Waals surface area contributed by atoms with E-state index in [1.165, 1.54) is 180 Å². The molecule has 0 aliphatic heterocycles. The summed E-state index contributed by atoms with van der Waals surface area (Å²) in [6.07, 6.45) is 89.7. The van der Waals surface area contributed by atoms with Crippen molar-refractivity contribution in [1.82, 2.24) is 0 Å². The number of esters is 2. The largest absolute Gasteiger partial charge is 0.462 e. The second-order valence-corrected chi connectivity index (χ2v) is 20.8. The number of aliphatic hydroxyl groups is 1. The molecule has 0 aromatic carbocycles. The van der Waals surface area contributed by atoms with Crippen LogP contribution in [0.3, 0.4) is 0 Å². The third kappa shape index (κ3) is 61.3. The summed E-state index contributed by atoms with van der Waals surface area (Å²) in [5.74, 6) is -0.600. The standard InChI is InChI=1S/C68H118O5/c1-3-5-7-9-11-13-15-17-19-21-23-25-27-29-31-33-34-35-37-39-41-43-45-47-49-51-53-55-57-59-61-63-68(71)73-66(64-69)65-72-67(70)62-60-58-56-54-52-50-48-46-44-42-40-38-36-32-30-28-26-24-22-20-18-16-14-12-10-8-6-4-2/h5,7,11,13,17,19,23,25,29,31,34-35,39,41,45,47,66,69H,3-4,6,8-10,12,14-16,18,20-22,24,26-28,30,32-33,36-38,40,42-44,46,48-65H2,1-2H3/b7-5-,13-11-,19-17-,25-23-,31-29-,35-34-,41-39-,47-45-. The summed E-state index contributed by atoms with van der Waals surface area (Å²) in [5, 5.41) is 9.68. The Morgan fingerprint density at radius 1 is 0.329 bits per heavy atom. The van der Waals surface area contributed by atoms with Crippen molar-refractivity contribution in [2.24, 2.45) is 0 Å². The van der Waals surface area contributed by atoms with Crippen molar-refractivity contribution in [1.29, 1.82) is 0 Å². The van der Waals surface area contributed by atoms with Gasteiger partial charge in [0, 0.05) is 12.8 Å². The van der Waals surface area contributed by atoms with Crippen LogP contribution in [0.5, 0.6) is 0 Å². The molecule has 0 rings (SSSR count). The molecule has 0 saturated carbocycles. The molecule has 0 amide bonds. The molecule has 0 saturated heterocycles. The van der Waals surface area contributed by atoms with E-state index < -0.39 is 6.10 Å². The second-order valence-electron chi connectivity index (χ2n) is 20.8. The summed E-state index contributed by atoms with van der Waals surface area (Å²) < 4.78 is 10.7. The summed E-state index contributed by atoms with van der Waals surface area (Å²) in [5.41, 5.74) is 0.